The van der Waals surface area contributed by atoms with Gasteiger partial charge in [0.15, 0.2) is 0 Å². The van der Waals surface area contributed by atoms with Gasteiger partial charge in [-0.1, -0.05) is 61.7 Å². The van der Waals surface area contributed by atoms with Crippen LogP contribution in [-0.2, 0) is 26.2 Å². The predicted octanol–water partition coefficient (Wildman–Crippen LogP) is 7.03. The zero-order valence-corrected chi connectivity index (χ0v) is 28.5. The molecule has 0 radical (unpaired) electrons. The van der Waals surface area contributed by atoms with Crippen molar-refractivity contribution in [2.24, 2.45) is 0 Å². The van der Waals surface area contributed by atoms with Crippen LogP contribution in [0.1, 0.15) is 45.6 Å². The van der Waals surface area contributed by atoms with Crippen molar-refractivity contribution in [3.05, 3.63) is 82.3 Å². The van der Waals surface area contributed by atoms with Crippen LogP contribution in [0.3, 0.4) is 0 Å². The molecule has 3 aromatic rings. The average Bonchev–Trinajstić information content (AvgIpc) is 3.02. The summed E-state index contributed by atoms with van der Waals surface area (Å²) >= 11 is 13.9. The Morgan fingerprint density at radius 3 is 2.30 bits per heavy atom. The van der Waals surface area contributed by atoms with E-state index >= 15 is 0 Å². The van der Waals surface area contributed by atoms with Gasteiger partial charge in [-0.2, -0.15) is 0 Å². The van der Waals surface area contributed by atoms with Gasteiger partial charge in [0, 0.05) is 18.0 Å². The molecule has 238 valence electrons. The fourth-order valence-electron chi connectivity index (χ4n) is 4.59. The van der Waals surface area contributed by atoms with Crippen molar-refractivity contribution in [2.75, 3.05) is 30.3 Å². The SMILES string of the molecule is CCCCNC(=O)C(CC)N(Cc1ccc(Cl)c(Cl)c1)C(=O)CN(c1ccccc1OCC)S(=O)(=O)c1ccc(SC)cc1. The number of benzene rings is 3. The first kappa shape index (κ1) is 35.6. The molecule has 1 unspecified atom stereocenters. The molecule has 0 spiro atoms. The molecule has 3 rings (SSSR count). The molecule has 12 heteroatoms. The highest BCUT2D eigenvalue weighted by Crippen LogP contribution is 2.33. The van der Waals surface area contributed by atoms with Gasteiger partial charge in [-0.25, -0.2) is 8.42 Å². The molecule has 0 aliphatic rings. The molecule has 0 aliphatic heterocycles. The van der Waals surface area contributed by atoms with E-state index in [0.717, 1.165) is 22.0 Å². The van der Waals surface area contributed by atoms with E-state index in [1.54, 1.807) is 61.5 Å². The number of anilines is 1. The molecule has 44 heavy (non-hydrogen) atoms. The van der Waals surface area contributed by atoms with E-state index in [9.17, 15) is 18.0 Å². The Labute approximate surface area is 275 Å². The number of sulfonamides is 1. The van der Waals surface area contributed by atoms with Crippen LogP contribution in [-0.4, -0.2) is 57.1 Å². The fraction of sp³-hybridized carbons (Fsp3) is 0.375. The first-order valence-electron chi connectivity index (χ1n) is 14.5. The van der Waals surface area contributed by atoms with Crippen LogP contribution in [0.15, 0.2) is 76.5 Å². The maximum Gasteiger partial charge on any atom is 0.264 e. The molecule has 0 heterocycles. The molecule has 0 bridgehead atoms. The van der Waals surface area contributed by atoms with Crippen LogP contribution in [0.2, 0.25) is 10.0 Å². The standard InChI is InChI=1S/C32H39Cl2N3O5S2/c1-5-8-19-35-32(39)28(6-2)36(21-23-13-18-26(33)27(34)20-23)31(38)22-37(29-11-9-10-12-30(29)42-7-3)44(40,41)25-16-14-24(43-4)15-17-25/h9-18,20,28H,5-8,19,21-22H2,1-4H3,(H,35,39). The van der Waals surface area contributed by atoms with Crippen molar-refractivity contribution in [1.29, 1.82) is 0 Å². The van der Waals surface area contributed by atoms with Crippen molar-refractivity contribution in [3.63, 3.8) is 0 Å². The van der Waals surface area contributed by atoms with Crippen LogP contribution in [0.5, 0.6) is 5.75 Å². The highest BCUT2D eigenvalue weighted by molar-refractivity contribution is 7.98. The third-order valence-electron chi connectivity index (χ3n) is 6.91. The summed E-state index contributed by atoms with van der Waals surface area (Å²) in [6.45, 7) is 5.83. The molecule has 1 atom stereocenters. The lowest BCUT2D eigenvalue weighted by molar-refractivity contribution is -0.140. The Kier molecular flexibility index (Phi) is 13.7. The Hall–Kier alpha value is -2.92. The smallest absolute Gasteiger partial charge is 0.264 e. The number of halogens is 2. The van der Waals surface area contributed by atoms with E-state index in [2.05, 4.69) is 5.32 Å². The molecule has 3 aromatic carbocycles. The second-order valence-electron chi connectivity index (χ2n) is 9.93. The molecule has 1 N–H and O–H groups in total. The van der Waals surface area contributed by atoms with E-state index in [-0.39, 0.29) is 23.0 Å². The van der Waals surface area contributed by atoms with Gasteiger partial charge in [0.05, 0.1) is 27.2 Å². The summed E-state index contributed by atoms with van der Waals surface area (Å²) in [5.74, 6) is -0.567. The summed E-state index contributed by atoms with van der Waals surface area (Å²) in [6, 6.07) is 17.3. The number of amides is 2. The number of para-hydroxylation sites is 2. The van der Waals surface area contributed by atoms with E-state index in [1.807, 2.05) is 20.1 Å². The second-order valence-corrected chi connectivity index (χ2v) is 13.5. The topological polar surface area (TPSA) is 96.0 Å². The van der Waals surface area contributed by atoms with Gasteiger partial charge in [0.2, 0.25) is 11.8 Å². The summed E-state index contributed by atoms with van der Waals surface area (Å²) in [4.78, 5) is 30.0. The zero-order valence-electron chi connectivity index (χ0n) is 25.4. The van der Waals surface area contributed by atoms with Crippen LogP contribution in [0.4, 0.5) is 5.69 Å². The Bertz CT molecular complexity index is 1520. The summed E-state index contributed by atoms with van der Waals surface area (Å²) in [7, 11) is -4.25. The van der Waals surface area contributed by atoms with Crippen molar-refractivity contribution >= 4 is 62.5 Å². The van der Waals surface area contributed by atoms with Crippen molar-refractivity contribution in [3.8, 4) is 5.75 Å². The first-order valence-corrected chi connectivity index (χ1v) is 17.9. The number of carbonyl (C=O) groups excluding carboxylic acids is 2. The second kappa shape index (κ2) is 17.0. The molecule has 0 saturated heterocycles. The van der Waals surface area contributed by atoms with E-state index in [4.69, 9.17) is 27.9 Å². The highest BCUT2D eigenvalue weighted by atomic mass is 35.5. The molecule has 2 amide bonds. The number of ether oxygens (including phenoxy) is 1. The van der Waals surface area contributed by atoms with Gasteiger partial charge in [0.25, 0.3) is 10.0 Å². The normalized spacial score (nSPS) is 12.0. The predicted molar refractivity (Wildman–Crippen MR) is 179 cm³/mol. The lowest BCUT2D eigenvalue weighted by Gasteiger charge is -2.33. The third kappa shape index (κ3) is 9.06. The number of nitrogens with zero attached hydrogens (tertiary/aromatic N) is 2. The molecular weight excluding hydrogens is 641 g/mol. The van der Waals surface area contributed by atoms with Crippen molar-refractivity contribution in [2.45, 2.75) is 62.4 Å². The number of thioether (sulfide) groups is 1. The molecule has 0 aliphatic carbocycles. The number of hydrogen-bond acceptors (Lipinski definition) is 6. The highest BCUT2D eigenvalue weighted by Gasteiger charge is 2.34. The van der Waals surface area contributed by atoms with Gasteiger partial charge in [-0.05, 0) is 80.1 Å². The zero-order chi connectivity index (χ0) is 32.3. The van der Waals surface area contributed by atoms with Crippen LogP contribution in [0.25, 0.3) is 0 Å². The Balaban J connectivity index is 2.10. The minimum Gasteiger partial charge on any atom is -0.492 e. The molecule has 0 aromatic heterocycles. The van der Waals surface area contributed by atoms with Gasteiger partial charge >= 0.3 is 0 Å². The maximum atomic E-state index is 14.3. The van der Waals surface area contributed by atoms with Crippen molar-refractivity contribution < 1.29 is 22.7 Å². The molecule has 8 nitrogen and oxygen atoms in total. The number of unbranched alkanes of at least 4 members (excludes halogenated alkanes) is 1. The van der Waals surface area contributed by atoms with Gasteiger partial charge in [0.1, 0.15) is 18.3 Å². The molecular formula is C32H39Cl2N3O5S2. The minimum atomic E-state index is -4.25. The monoisotopic (exact) mass is 679 g/mol. The van der Waals surface area contributed by atoms with E-state index < -0.39 is 28.5 Å². The first-order chi connectivity index (χ1) is 21.1. The van der Waals surface area contributed by atoms with Gasteiger partial charge < -0.3 is 15.0 Å². The number of nitrogens with one attached hydrogen (secondary N) is 1. The lowest BCUT2D eigenvalue weighted by Crippen LogP contribution is -2.52. The van der Waals surface area contributed by atoms with Gasteiger partial charge in [-0.15, -0.1) is 11.8 Å². The average molecular weight is 681 g/mol. The van der Waals surface area contributed by atoms with Crippen LogP contribution in [0, 0.1) is 0 Å². The third-order valence-corrected chi connectivity index (χ3v) is 10.2. The van der Waals surface area contributed by atoms with Crippen LogP contribution < -0.4 is 14.4 Å². The summed E-state index contributed by atoms with van der Waals surface area (Å²) < 4.78 is 35.3. The summed E-state index contributed by atoms with van der Waals surface area (Å²) in [5, 5.41) is 3.58. The largest absolute Gasteiger partial charge is 0.492 e. The lowest BCUT2D eigenvalue weighted by atomic mass is 10.1. The number of carbonyl (C=O) groups is 2. The van der Waals surface area contributed by atoms with Crippen molar-refractivity contribution in [1.82, 2.24) is 10.2 Å². The van der Waals surface area contributed by atoms with E-state index in [0.29, 0.717) is 40.9 Å². The fourth-order valence-corrected chi connectivity index (χ4v) is 6.74. The Morgan fingerprint density at radius 1 is 0.977 bits per heavy atom. The minimum absolute atomic E-state index is 0.0127. The quantitative estimate of drug-likeness (QED) is 0.129. The summed E-state index contributed by atoms with van der Waals surface area (Å²) in [5.41, 5.74) is 0.857. The number of rotatable bonds is 16. The number of hydrogen-bond donors (Lipinski definition) is 1. The maximum absolute atomic E-state index is 14.3. The van der Waals surface area contributed by atoms with Gasteiger partial charge in [-0.3, -0.25) is 13.9 Å². The van der Waals surface area contributed by atoms with E-state index in [1.165, 1.54) is 28.8 Å². The summed E-state index contributed by atoms with van der Waals surface area (Å²) in [6.07, 6.45) is 3.90. The Morgan fingerprint density at radius 2 is 1.68 bits per heavy atom. The molecule has 0 fully saturated rings. The van der Waals surface area contributed by atoms with Crippen LogP contribution >= 0.6 is 35.0 Å². The molecule has 0 saturated carbocycles.